The summed E-state index contributed by atoms with van der Waals surface area (Å²) in [6, 6.07) is 16.1. The van der Waals surface area contributed by atoms with E-state index in [-0.39, 0.29) is 0 Å². The van der Waals surface area contributed by atoms with Crippen molar-refractivity contribution in [2.45, 2.75) is 24.9 Å². The van der Waals surface area contributed by atoms with Gasteiger partial charge in [-0.2, -0.15) is 18.3 Å². The lowest BCUT2D eigenvalue weighted by Gasteiger charge is -2.27. The number of halogens is 3. The Labute approximate surface area is 182 Å². The van der Waals surface area contributed by atoms with Crippen molar-refractivity contribution in [1.82, 2.24) is 14.6 Å². The number of hydrogen-bond donors (Lipinski definition) is 0. The molecule has 0 amide bonds. The Morgan fingerprint density at radius 2 is 1.72 bits per heavy atom. The fourth-order valence-electron chi connectivity index (χ4n) is 3.85. The SMILES string of the molecule is COC(=O)[C@@](C)(Cc1ccccc1)c1ccnc2c(-c3ccc(C(F)(F)F)cc3)cnn12. The number of ether oxygens (including phenoxy) is 1. The third-order valence-electron chi connectivity index (χ3n) is 5.53. The maximum Gasteiger partial charge on any atom is 0.416 e. The minimum Gasteiger partial charge on any atom is -0.468 e. The number of carbonyl (C=O) groups is 1. The Balaban J connectivity index is 1.81. The number of carbonyl (C=O) groups excluding carboxylic acids is 1. The van der Waals surface area contributed by atoms with Gasteiger partial charge in [0.05, 0.1) is 24.6 Å². The summed E-state index contributed by atoms with van der Waals surface area (Å²) in [7, 11) is 1.33. The third kappa shape index (κ3) is 3.84. The van der Waals surface area contributed by atoms with Gasteiger partial charge >= 0.3 is 12.1 Å². The zero-order valence-electron chi connectivity index (χ0n) is 17.4. The Morgan fingerprint density at radius 3 is 2.34 bits per heavy atom. The first-order valence-corrected chi connectivity index (χ1v) is 9.87. The summed E-state index contributed by atoms with van der Waals surface area (Å²) in [5, 5.41) is 4.41. The van der Waals surface area contributed by atoms with E-state index in [2.05, 4.69) is 10.1 Å². The van der Waals surface area contributed by atoms with Crippen LogP contribution >= 0.6 is 0 Å². The first kappa shape index (κ1) is 21.5. The average molecular weight is 439 g/mol. The average Bonchev–Trinajstić information content (AvgIpc) is 3.23. The minimum atomic E-state index is -4.41. The Kier molecular flexibility index (Phi) is 5.46. The molecule has 0 unspecified atom stereocenters. The monoisotopic (exact) mass is 439 g/mol. The lowest BCUT2D eigenvalue weighted by atomic mass is 9.80. The molecule has 5 nitrogen and oxygen atoms in total. The van der Waals surface area contributed by atoms with Gasteiger partial charge in [0.25, 0.3) is 0 Å². The Bertz CT molecular complexity index is 1250. The number of methoxy groups -OCH3 is 1. The molecule has 0 aliphatic heterocycles. The summed E-state index contributed by atoms with van der Waals surface area (Å²) in [5.41, 5.74) is 1.25. The number of rotatable bonds is 5. The largest absolute Gasteiger partial charge is 0.468 e. The van der Waals surface area contributed by atoms with E-state index in [1.54, 1.807) is 23.7 Å². The van der Waals surface area contributed by atoms with E-state index in [0.717, 1.165) is 17.7 Å². The molecule has 0 aliphatic rings. The van der Waals surface area contributed by atoms with Gasteiger partial charge < -0.3 is 4.74 Å². The highest BCUT2D eigenvalue weighted by Crippen LogP contribution is 2.34. The number of benzene rings is 2. The van der Waals surface area contributed by atoms with Gasteiger partial charge in [-0.1, -0.05) is 42.5 Å². The number of aromatic nitrogens is 3. The lowest BCUT2D eigenvalue weighted by molar-refractivity contribution is -0.147. The summed E-state index contributed by atoms with van der Waals surface area (Å²) in [6.45, 7) is 1.78. The second kappa shape index (κ2) is 8.11. The van der Waals surface area contributed by atoms with Crippen LogP contribution in [0.25, 0.3) is 16.8 Å². The van der Waals surface area contributed by atoms with Crippen molar-refractivity contribution < 1.29 is 22.7 Å². The quantitative estimate of drug-likeness (QED) is 0.407. The maximum absolute atomic E-state index is 12.9. The summed E-state index contributed by atoms with van der Waals surface area (Å²) in [5.74, 6) is -0.430. The van der Waals surface area contributed by atoms with Crippen LogP contribution < -0.4 is 0 Å². The molecule has 1 atom stereocenters. The Morgan fingerprint density at radius 1 is 1.03 bits per heavy atom. The van der Waals surface area contributed by atoms with Crippen LogP contribution in [0.3, 0.4) is 0 Å². The molecule has 0 radical (unpaired) electrons. The number of nitrogens with zero attached hydrogens (tertiary/aromatic N) is 3. The van der Waals surface area contributed by atoms with E-state index in [9.17, 15) is 18.0 Å². The fraction of sp³-hybridized carbons (Fsp3) is 0.208. The molecule has 4 aromatic rings. The molecule has 164 valence electrons. The van der Waals surface area contributed by atoms with Crippen LogP contribution in [0.2, 0.25) is 0 Å². The van der Waals surface area contributed by atoms with Gasteiger partial charge in [-0.3, -0.25) is 4.79 Å². The van der Waals surface area contributed by atoms with Crippen LogP contribution in [0.1, 0.15) is 23.7 Å². The molecule has 4 rings (SSSR count). The molecule has 0 N–H and O–H groups in total. The summed E-state index contributed by atoms with van der Waals surface area (Å²) >= 11 is 0. The molecule has 0 fully saturated rings. The molecule has 0 bridgehead atoms. The highest BCUT2D eigenvalue weighted by molar-refractivity contribution is 5.84. The maximum atomic E-state index is 12.9. The van der Waals surface area contributed by atoms with Crippen LogP contribution in [0, 0.1) is 0 Å². The standard InChI is InChI=1S/C24H20F3N3O2/c1-23(22(31)32-2,14-16-6-4-3-5-7-16)20-12-13-28-21-19(15-29-30(20)21)17-8-10-18(11-9-17)24(25,26)27/h3-13,15H,14H2,1-2H3/t23-/m0/s1. The lowest BCUT2D eigenvalue weighted by Crippen LogP contribution is -2.38. The predicted octanol–water partition coefficient (Wildman–Crippen LogP) is 5.09. The van der Waals surface area contributed by atoms with E-state index < -0.39 is 23.1 Å². The summed E-state index contributed by atoms with van der Waals surface area (Å²) in [6.07, 6.45) is -0.944. The van der Waals surface area contributed by atoms with Crippen LogP contribution in [0.15, 0.2) is 73.1 Å². The van der Waals surface area contributed by atoms with Gasteiger partial charge in [-0.25, -0.2) is 9.50 Å². The van der Waals surface area contributed by atoms with Gasteiger partial charge in [-0.15, -0.1) is 0 Å². The van der Waals surface area contributed by atoms with Gasteiger partial charge in [0.2, 0.25) is 0 Å². The second-order valence-corrected chi connectivity index (χ2v) is 7.68. The molecule has 8 heteroatoms. The highest BCUT2D eigenvalue weighted by atomic mass is 19.4. The molecule has 0 aliphatic carbocycles. The number of fused-ring (bicyclic) bond motifs is 1. The minimum absolute atomic E-state index is 0.370. The summed E-state index contributed by atoms with van der Waals surface area (Å²) < 4.78 is 45.4. The van der Waals surface area contributed by atoms with Gasteiger partial charge in [0.1, 0.15) is 5.41 Å². The fourth-order valence-corrected chi connectivity index (χ4v) is 3.85. The van der Waals surface area contributed by atoms with E-state index >= 15 is 0 Å². The number of esters is 1. The van der Waals surface area contributed by atoms with Crippen molar-refractivity contribution >= 4 is 11.6 Å². The van der Waals surface area contributed by atoms with E-state index in [4.69, 9.17) is 4.74 Å². The van der Waals surface area contributed by atoms with Crippen molar-refractivity contribution in [2.75, 3.05) is 7.11 Å². The van der Waals surface area contributed by atoms with Crippen molar-refractivity contribution in [2.24, 2.45) is 0 Å². The van der Waals surface area contributed by atoms with Crippen LogP contribution in [-0.2, 0) is 27.5 Å². The van der Waals surface area contributed by atoms with Crippen molar-refractivity contribution in [3.05, 3.63) is 89.9 Å². The van der Waals surface area contributed by atoms with Crippen molar-refractivity contribution in [3.8, 4) is 11.1 Å². The molecule has 32 heavy (non-hydrogen) atoms. The summed E-state index contributed by atoms with van der Waals surface area (Å²) in [4.78, 5) is 17.3. The van der Waals surface area contributed by atoms with Gasteiger partial charge in [0, 0.05) is 11.8 Å². The molecule has 0 saturated carbocycles. The first-order chi connectivity index (χ1) is 15.2. The molecule has 2 aromatic carbocycles. The molecule has 2 aromatic heterocycles. The smallest absolute Gasteiger partial charge is 0.416 e. The van der Waals surface area contributed by atoms with E-state index in [0.29, 0.717) is 28.9 Å². The Hall–Kier alpha value is -3.68. The zero-order chi connectivity index (χ0) is 22.9. The molecular weight excluding hydrogens is 419 g/mol. The third-order valence-corrected chi connectivity index (χ3v) is 5.53. The molecule has 2 heterocycles. The predicted molar refractivity (Wildman–Crippen MR) is 113 cm³/mol. The molecule has 0 spiro atoms. The second-order valence-electron chi connectivity index (χ2n) is 7.68. The topological polar surface area (TPSA) is 56.5 Å². The molecule has 0 saturated heterocycles. The van der Waals surface area contributed by atoms with Crippen molar-refractivity contribution in [1.29, 1.82) is 0 Å². The molecular formula is C24H20F3N3O2. The zero-order valence-corrected chi connectivity index (χ0v) is 17.4. The first-order valence-electron chi connectivity index (χ1n) is 9.87. The van der Waals surface area contributed by atoms with Crippen LogP contribution in [-0.4, -0.2) is 27.7 Å². The van der Waals surface area contributed by atoms with Gasteiger partial charge in [-0.05, 0) is 42.7 Å². The number of hydrogen-bond acceptors (Lipinski definition) is 4. The van der Waals surface area contributed by atoms with Crippen LogP contribution in [0.4, 0.5) is 13.2 Å². The highest BCUT2D eigenvalue weighted by Gasteiger charge is 2.39. The van der Waals surface area contributed by atoms with E-state index in [1.165, 1.54) is 25.4 Å². The van der Waals surface area contributed by atoms with Gasteiger partial charge in [0.15, 0.2) is 5.65 Å². The normalized spacial score (nSPS) is 13.7. The van der Waals surface area contributed by atoms with E-state index in [1.807, 2.05) is 30.3 Å². The number of alkyl halides is 3. The van der Waals surface area contributed by atoms with Crippen molar-refractivity contribution in [3.63, 3.8) is 0 Å². The van der Waals surface area contributed by atoms with Crippen LogP contribution in [0.5, 0.6) is 0 Å².